The van der Waals surface area contributed by atoms with E-state index in [0.29, 0.717) is 13.0 Å². The molecular formula is C27H33FN4O. The van der Waals surface area contributed by atoms with Crippen LogP contribution in [0.2, 0.25) is 0 Å². The van der Waals surface area contributed by atoms with Crippen LogP contribution >= 0.6 is 0 Å². The zero-order valence-electron chi connectivity index (χ0n) is 19.6. The predicted molar refractivity (Wildman–Crippen MR) is 129 cm³/mol. The Morgan fingerprint density at radius 1 is 1.15 bits per heavy atom. The number of carbonyl (C=O) groups is 1. The van der Waals surface area contributed by atoms with Crippen molar-refractivity contribution in [3.8, 4) is 11.1 Å². The Morgan fingerprint density at radius 3 is 2.64 bits per heavy atom. The standard InChI is InChI=1S/C27H33FN4O/c1-3-13-29-26(33)27(11-14-32(15-12-27)20-21-18-30-31(2)19-21)17-23-7-4-5-10-25(23)22-8-6-9-24(28)16-22/h4-10,16,18-19H,3,11-15,17,20H2,1-2H3,(H,29,33). The molecular weight excluding hydrogens is 415 g/mol. The number of piperidine rings is 1. The minimum Gasteiger partial charge on any atom is -0.356 e. The predicted octanol–water partition coefficient (Wildman–Crippen LogP) is 4.58. The maximum atomic E-state index is 13.9. The highest BCUT2D eigenvalue weighted by atomic mass is 19.1. The third-order valence-corrected chi connectivity index (χ3v) is 6.68. The molecule has 4 rings (SSSR count). The van der Waals surface area contributed by atoms with E-state index < -0.39 is 5.41 Å². The number of amides is 1. The van der Waals surface area contributed by atoms with Gasteiger partial charge >= 0.3 is 0 Å². The first-order valence-corrected chi connectivity index (χ1v) is 11.8. The maximum absolute atomic E-state index is 13.9. The van der Waals surface area contributed by atoms with Crippen LogP contribution in [-0.2, 0) is 24.8 Å². The van der Waals surface area contributed by atoms with Gasteiger partial charge in [-0.3, -0.25) is 14.4 Å². The van der Waals surface area contributed by atoms with Crippen molar-refractivity contribution in [1.82, 2.24) is 20.0 Å². The Morgan fingerprint density at radius 2 is 1.94 bits per heavy atom. The van der Waals surface area contributed by atoms with Crippen molar-refractivity contribution in [3.05, 3.63) is 77.9 Å². The summed E-state index contributed by atoms with van der Waals surface area (Å²) in [6.07, 6.45) is 7.10. The van der Waals surface area contributed by atoms with Crippen molar-refractivity contribution in [1.29, 1.82) is 0 Å². The lowest BCUT2D eigenvalue weighted by Gasteiger charge is -2.41. The maximum Gasteiger partial charge on any atom is 0.226 e. The van der Waals surface area contributed by atoms with E-state index in [1.165, 1.54) is 11.6 Å². The summed E-state index contributed by atoms with van der Waals surface area (Å²) in [5.74, 6) is -0.110. The van der Waals surface area contributed by atoms with E-state index in [0.717, 1.165) is 55.6 Å². The van der Waals surface area contributed by atoms with Gasteiger partial charge < -0.3 is 5.32 Å². The van der Waals surface area contributed by atoms with Crippen molar-refractivity contribution >= 4 is 5.91 Å². The third kappa shape index (κ3) is 5.50. The number of nitrogens with zero attached hydrogens (tertiary/aromatic N) is 3. The van der Waals surface area contributed by atoms with E-state index in [1.54, 1.807) is 12.1 Å². The molecule has 2 aromatic carbocycles. The summed E-state index contributed by atoms with van der Waals surface area (Å²) in [5.41, 5.74) is 3.66. The number of aryl methyl sites for hydroxylation is 1. The fraction of sp³-hybridized carbons (Fsp3) is 0.407. The van der Waals surface area contributed by atoms with Crippen molar-refractivity contribution in [2.75, 3.05) is 19.6 Å². The van der Waals surface area contributed by atoms with E-state index in [1.807, 2.05) is 48.4 Å². The molecule has 2 heterocycles. The average molecular weight is 449 g/mol. The highest BCUT2D eigenvalue weighted by Gasteiger charge is 2.41. The van der Waals surface area contributed by atoms with Gasteiger partial charge in [-0.05, 0) is 67.6 Å². The summed E-state index contributed by atoms with van der Waals surface area (Å²) in [7, 11) is 1.93. The first kappa shape index (κ1) is 23.2. The summed E-state index contributed by atoms with van der Waals surface area (Å²) in [4.78, 5) is 15.9. The van der Waals surface area contributed by atoms with E-state index in [-0.39, 0.29) is 11.7 Å². The lowest BCUT2D eigenvalue weighted by Crippen LogP contribution is -2.50. The summed E-state index contributed by atoms with van der Waals surface area (Å²) in [6, 6.07) is 14.8. The Bertz CT molecular complexity index is 1080. The smallest absolute Gasteiger partial charge is 0.226 e. The zero-order chi connectivity index (χ0) is 23.3. The summed E-state index contributed by atoms with van der Waals surface area (Å²) >= 11 is 0. The normalized spacial score (nSPS) is 16.0. The number of halogens is 1. The van der Waals surface area contributed by atoms with Crippen molar-refractivity contribution < 1.29 is 9.18 Å². The van der Waals surface area contributed by atoms with Crippen LogP contribution < -0.4 is 5.32 Å². The monoisotopic (exact) mass is 448 g/mol. The second kappa shape index (κ2) is 10.3. The summed E-state index contributed by atoms with van der Waals surface area (Å²) < 4.78 is 15.8. The van der Waals surface area contributed by atoms with Crippen LogP contribution in [0.15, 0.2) is 60.9 Å². The Balaban J connectivity index is 1.57. The fourth-order valence-electron chi connectivity index (χ4n) is 4.84. The quantitative estimate of drug-likeness (QED) is 0.549. The molecule has 0 bridgehead atoms. The van der Waals surface area contributed by atoms with Gasteiger partial charge in [-0.1, -0.05) is 43.3 Å². The van der Waals surface area contributed by atoms with Crippen LogP contribution in [0.3, 0.4) is 0 Å². The molecule has 3 aromatic rings. The number of hydrogen-bond acceptors (Lipinski definition) is 3. The van der Waals surface area contributed by atoms with Crippen molar-refractivity contribution in [2.45, 2.75) is 39.2 Å². The topological polar surface area (TPSA) is 50.2 Å². The summed E-state index contributed by atoms with van der Waals surface area (Å²) in [6.45, 7) is 5.32. The fourth-order valence-corrected chi connectivity index (χ4v) is 4.84. The van der Waals surface area contributed by atoms with Gasteiger partial charge in [0, 0.05) is 31.9 Å². The van der Waals surface area contributed by atoms with Gasteiger partial charge in [0.1, 0.15) is 5.82 Å². The average Bonchev–Trinajstić information content (AvgIpc) is 3.23. The number of hydrogen-bond donors (Lipinski definition) is 1. The number of benzene rings is 2. The molecule has 1 amide bonds. The third-order valence-electron chi connectivity index (χ3n) is 6.68. The molecule has 33 heavy (non-hydrogen) atoms. The molecule has 0 atom stereocenters. The molecule has 0 spiro atoms. The minimum atomic E-state index is -0.468. The van der Waals surface area contributed by atoms with Crippen molar-refractivity contribution in [3.63, 3.8) is 0 Å². The molecule has 1 N–H and O–H groups in total. The lowest BCUT2D eigenvalue weighted by atomic mass is 9.72. The second-order valence-corrected chi connectivity index (χ2v) is 9.18. The van der Waals surface area contributed by atoms with Crippen LogP contribution in [-0.4, -0.2) is 40.2 Å². The van der Waals surface area contributed by atoms with Gasteiger partial charge in [0.15, 0.2) is 0 Å². The van der Waals surface area contributed by atoms with Gasteiger partial charge in [-0.15, -0.1) is 0 Å². The van der Waals surface area contributed by atoms with Crippen LogP contribution in [0, 0.1) is 11.2 Å². The van der Waals surface area contributed by atoms with E-state index >= 15 is 0 Å². The second-order valence-electron chi connectivity index (χ2n) is 9.18. The molecule has 1 saturated heterocycles. The molecule has 174 valence electrons. The van der Waals surface area contributed by atoms with Crippen LogP contribution in [0.25, 0.3) is 11.1 Å². The van der Waals surface area contributed by atoms with E-state index in [9.17, 15) is 9.18 Å². The van der Waals surface area contributed by atoms with Crippen molar-refractivity contribution in [2.24, 2.45) is 12.5 Å². The number of nitrogens with one attached hydrogen (secondary N) is 1. The zero-order valence-corrected chi connectivity index (χ0v) is 19.6. The van der Waals surface area contributed by atoms with Crippen LogP contribution in [0.1, 0.15) is 37.3 Å². The van der Waals surface area contributed by atoms with Gasteiger partial charge in [0.05, 0.1) is 11.6 Å². The molecule has 0 unspecified atom stereocenters. The Labute approximate surface area is 195 Å². The Hall–Kier alpha value is -2.99. The van der Waals surface area contributed by atoms with Crippen LogP contribution in [0.4, 0.5) is 4.39 Å². The first-order valence-electron chi connectivity index (χ1n) is 11.8. The van der Waals surface area contributed by atoms with E-state index in [4.69, 9.17) is 0 Å². The molecule has 0 saturated carbocycles. The molecule has 1 aromatic heterocycles. The first-order chi connectivity index (χ1) is 16.0. The minimum absolute atomic E-state index is 0.138. The number of aromatic nitrogens is 2. The molecule has 5 nitrogen and oxygen atoms in total. The lowest BCUT2D eigenvalue weighted by molar-refractivity contribution is -0.134. The highest BCUT2D eigenvalue weighted by molar-refractivity contribution is 5.83. The molecule has 0 radical (unpaired) electrons. The van der Waals surface area contributed by atoms with Gasteiger partial charge in [0.25, 0.3) is 0 Å². The molecule has 1 aliphatic heterocycles. The summed E-state index contributed by atoms with van der Waals surface area (Å²) in [5, 5.41) is 7.44. The van der Waals surface area contributed by atoms with E-state index in [2.05, 4.69) is 28.3 Å². The Kier molecular flexibility index (Phi) is 7.23. The number of rotatable bonds is 8. The van der Waals surface area contributed by atoms with Gasteiger partial charge in [-0.25, -0.2) is 4.39 Å². The van der Waals surface area contributed by atoms with Crippen LogP contribution in [0.5, 0.6) is 0 Å². The molecule has 0 aliphatic carbocycles. The largest absolute Gasteiger partial charge is 0.356 e. The molecule has 1 fully saturated rings. The van der Waals surface area contributed by atoms with Gasteiger partial charge in [0.2, 0.25) is 5.91 Å². The highest BCUT2D eigenvalue weighted by Crippen LogP contribution is 2.38. The number of carbonyl (C=O) groups excluding carboxylic acids is 1. The van der Waals surface area contributed by atoms with Gasteiger partial charge in [-0.2, -0.15) is 5.10 Å². The molecule has 6 heteroatoms. The SMILES string of the molecule is CCCNC(=O)C1(Cc2ccccc2-c2cccc(F)c2)CCN(Cc2cnn(C)c2)CC1. The number of likely N-dealkylation sites (tertiary alicyclic amines) is 1. The molecule has 1 aliphatic rings.